The van der Waals surface area contributed by atoms with E-state index in [9.17, 15) is 0 Å². The standard InChI is InChI=1S/C15H21NO2/c1-2-18-13-5-3-12(4-6-13)15(10-17-11-15)14(9-16)7-8-14/h3-6H,2,7-11,16H2,1H3. The maximum atomic E-state index is 6.00. The summed E-state index contributed by atoms with van der Waals surface area (Å²) >= 11 is 0. The fourth-order valence-electron chi connectivity index (χ4n) is 3.15. The molecule has 1 aromatic carbocycles. The summed E-state index contributed by atoms with van der Waals surface area (Å²) in [5, 5.41) is 0. The van der Waals surface area contributed by atoms with Crippen LogP contribution in [-0.4, -0.2) is 26.4 Å². The highest BCUT2D eigenvalue weighted by Gasteiger charge is 2.62. The number of rotatable bonds is 5. The Labute approximate surface area is 108 Å². The lowest BCUT2D eigenvalue weighted by Gasteiger charge is -2.48. The van der Waals surface area contributed by atoms with Gasteiger partial charge in [0.15, 0.2) is 0 Å². The van der Waals surface area contributed by atoms with Gasteiger partial charge in [0.05, 0.1) is 19.8 Å². The van der Waals surface area contributed by atoms with Crippen LogP contribution in [-0.2, 0) is 10.2 Å². The lowest BCUT2D eigenvalue weighted by Crippen LogP contribution is -2.55. The van der Waals surface area contributed by atoms with Gasteiger partial charge in [0.2, 0.25) is 0 Å². The minimum atomic E-state index is 0.159. The summed E-state index contributed by atoms with van der Waals surface area (Å²) in [7, 11) is 0. The Morgan fingerprint density at radius 2 is 1.89 bits per heavy atom. The second kappa shape index (κ2) is 4.25. The molecule has 0 radical (unpaired) electrons. The molecule has 0 spiro atoms. The Kier molecular flexibility index (Phi) is 2.83. The van der Waals surface area contributed by atoms with Gasteiger partial charge in [0, 0.05) is 5.41 Å². The van der Waals surface area contributed by atoms with Gasteiger partial charge in [-0.05, 0) is 49.4 Å². The molecule has 98 valence electrons. The molecule has 0 amide bonds. The zero-order valence-electron chi connectivity index (χ0n) is 10.9. The van der Waals surface area contributed by atoms with Gasteiger partial charge in [-0.2, -0.15) is 0 Å². The first-order valence-corrected chi connectivity index (χ1v) is 6.77. The molecule has 2 fully saturated rings. The van der Waals surface area contributed by atoms with E-state index in [0.29, 0.717) is 12.0 Å². The van der Waals surface area contributed by atoms with E-state index >= 15 is 0 Å². The molecule has 0 bridgehead atoms. The fraction of sp³-hybridized carbons (Fsp3) is 0.600. The van der Waals surface area contributed by atoms with Crippen LogP contribution in [0.3, 0.4) is 0 Å². The van der Waals surface area contributed by atoms with Crippen LogP contribution in [0.15, 0.2) is 24.3 Å². The summed E-state index contributed by atoms with van der Waals surface area (Å²) in [5.41, 5.74) is 7.81. The van der Waals surface area contributed by atoms with Crippen molar-refractivity contribution in [2.75, 3.05) is 26.4 Å². The largest absolute Gasteiger partial charge is 0.494 e. The number of benzene rings is 1. The molecule has 1 heterocycles. The lowest BCUT2D eigenvalue weighted by molar-refractivity contribution is -0.0973. The van der Waals surface area contributed by atoms with E-state index in [4.69, 9.17) is 15.2 Å². The molecule has 0 unspecified atom stereocenters. The SMILES string of the molecule is CCOc1ccc(C2(C3(CN)CC3)COC2)cc1. The first-order chi connectivity index (χ1) is 8.76. The maximum absolute atomic E-state index is 6.00. The van der Waals surface area contributed by atoms with Crippen LogP contribution in [0.2, 0.25) is 0 Å². The molecule has 3 rings (SSSR count). The zero-order chi connectivity index (χ0) is 12.6. The third kappa shape index (κ3) is 1.57. The van der Waals surface area contributed by atoms with Crippen molar-refractivity contribution in [3.8, 4) is 5.75 Å². The van der Waals surface area contributed by atoms with Gasteiger partial charge < -0.3 is 15.2 Å². The summed E-state index contributed by atoms with van der Waals surface area (Å²) in [6.45, 7) is 5.11. The summed E-state index contributed by atoms with van der Waals surface area (Å²) in [6.07, 6.45) is 2.47. The van der Waals surface area contributed by atoms with Crippen molar-refractivity contribution in [2.24, 2.45) is 11.1 Å². The van der Waals surface area contributed by atoms with E-state index in [-0.39, 0.29) is 5.41 Å². The van der Waals surface area contributed by atoms with E-state index in [1.165, 1.54) is 18.4 Å². The molecule has 2 N–H and O–H groups in total. The van der Waals surface area contributed by atoms with Crippen molar-refractivity contribution < 1.29 is 9.47 Å². The molecule has 0 aromatic heterocycles. The number of ether oxygens (including phenoxy) is 2. The Balaban J connectivity index is 1.88. The second-order valence-corrected chi connectivity index (χ2v) is 5.52. The Bertz CT molecular complexity index is 419. The highest BCUT2D eigenvalue weighted by atomic mass is 16.5. The van der Waals surface area contributed by atoms with Crippen molar-refractivity contribution in [1.82, 2.24) is 0 Å². The third-order valence-electron chi connectivity index (χ3n) is 4.67. The highest BCUT2D eigenvalue weighted by Crippen LogP contribution is 2.61. The van der Waals surface area contributed by atoms with Crippen LogP contribution in [0.4, 0.5) is 0 Å². The highest BCUT2D eigenvalue weighted by molar-refractivity contribution is 5.38. The van der Waals surface area contributed by atoms with Gasteiger partial charge in [0.1, 0.15) is 5.75 Å². The molecule has 1 aliphatic carbocycles. The predicted molar refractivity (Wildman–Crippen MR) is 70.8 cm³/mol. The van der Waals surface area contributed by atoms with Gasteiger partial charge in [0.25, 0.3) is 0 Å². The molecule has 1 aromatic rings. The smallest absolute Gasteiger partial charge is 0.119 e. The third-order valence-corrected chi connectivity index (χ3v) is 4.67. The Morgan fingerprint density at radius 3 is 2.28 bits per heavy atom. The first kappa shape index (κ1) is 12.0. The van der Waals surface area contributed by atoms with Crippen LogP contribution in [0.25, 0.3) is 0 Å². The van der Waals surface area contributed by atoms with Crippen molar-refractivity contribution in [1.29, 1.82) is 0 Å². The zero-order valence-corrected chi connectivity index (χ0v) is 10.9. The number of hydrogen-bond donors (Lipinski definition) is 1. The molecule has 0 atom stereocenters. The van der Waals surface area contributed by atoms with Gasteiger partial charge in [-0.25, -0.2) is 0 Å². The molecular weight excluding hydrogens is 226 g/mol. The fourth-order valence-corrected chi connectivity index (χ4v) is 3.15. The van der Waals surface area contributed by atoms with Crippen molar-refractivity contribution in [3.05, 3.63) is 29.8 Å². The monoisotopic (exact) mass is 247 g/mol. The van der Waals surface area contributed by atoms with Gasteiger partial charge >= 0.3 is 0 Å². The Morgan fingerprint density at radius 1 is 1.22 bits per heavy atom. The molecular formula is C15H21NO2. The number of hydrogen-bond acceptors (Lipinski definition) is 3. The van der Waals surface area contributed by atoms with Gasteiger partial charge in [-0.1, -0.05) is 12.1 Å². The van der Waals surface area contributed by atoms with Crippen molar-refractivity contribution >= 4 is 0 Å². The second-order valence-electron chi connectivity index (χ2n) is 5.52. The van der Waals surface area contributed by atoms with Crippen LogP contribution in [0, 0.1) is 5.41 Å². The first-order valence-electron chi connectivity index (χ1n) is 6.77. The minimum Gasteiger partial charge on any atom is -0.494 e. The van der Waals surface area contributed by atoms with Crippen LogP contribution >= 0.6 is 0 Å². The molecule has 2 aliphatic rings. The molecule has 3 heteroatoms. The number of nitrogens with two attached hydrogens (primary N) is 1. The molecule has 1 saturated heterocycles. The van der Waals surface area contributed by atoms with Crippen LogP contribution in [0.5, 0.6) is 5.75 Å². The van der Waals surface area contributed by atoms with E-state index < -0.39 is 0 Å². The van der Waals surface area contributed by atoms with Crippen molar-refractivity contribution in [3.63, 3.8) is 0 Å². The topological polar surface area (TPSA) is 44.5 Å². The van der Waals surface area contributed by atoms with Gasteiger partial charge in [-0.3, -0.25) is 0 Å². The normalized spacial score (nSPS) is 23.2. The lowest BCUT2D eigenvalue weighted by atomic mass is 9.66. The van der Waals surface area contributed by atoms with Gasteiger partial charge in [-0.15, -0.1) is 0 Å². The molecule has 18 heavy (non-hydrogen) atoms. The predicted octanol–water partition coefficient (Wildman–Crippen LogP) is 2.09. The quantitative estimate of drug-likeness (QED) is 0.866. The summed E-state index contributed by atoms with van der Waals surface area (Å²) in [6, 6.07) is 8.49. The maximum Gasteiger partial charge on any atom is 0.119 e. The molecule has 1 aliphatic heterocycles. The molecule has 1 saturated carbocycles. The van der Waals surface area contributed by atoms with Crippen LogP contribution < -0.4 is 10.5 Å². The van der Waals surface area contributed by atoms with Crippen LogP contribution in [0.1, 0.15) is 25.3 Å². The van der Waals surface area contributed by atoms with Crippen molar-refractivity contribution in [2.45, 2.75) is 25.2 Å². The Hall–Kier alpha value is -1.06. The average Bonchev–Trinajstić information content (AvgIpc) is 3.12. The molecule has 3 nitrogen and oxygen atoms in total. The summed E-state index contributed by atoms with van der Waals surface area (Å²) in [4.78, 5) is 0. The van der Waals surface area contributed by atoms with E-state index in [2.05, 4.69) is 24.3 Å². The van der Waals surface area contributed by atoms with E-state index in [1.54, 1.807) is 0 Å². The van der Waals surface area contributed by atoms with E-state index in [0.717, 1.165) is 25.5 Å². The minimum absolute atomic E-state index is 0.159. The summed E-state index contributed by atoms with van der Waals surface area (Å²) in [5.74, 6) is 0.939. The average molecular weight is 247 g/mol. The summed E-state index contributed by atoms with van der Waals surface area (Å²) < 4.78 is 11.0. The van der Waals surface area contributed by atoms with E-state index in [1.807, 2.05) is 6.92 Å².